The van der Waals surface area contributed by atoms with E-state index in [9.17, 15) is 27.6 Å². The molecule has 10 nitrogen and oxygen atoms in total. The fraction of sp³-hybridized carbons (Fsp3) is 0.559. The molecule has 4 aliphatic heterocycles. The van der Waals surface area contributed by atoms with Gasteiger partial charge >= 0.3 is 18.3 Å². The van der Waals surface area contributed by atoms with Crippen LogP contribution in [0.3, 0.4) is 0 Å². The number of alkyl halides is 3. The average molecular weight is 691 g/mol. The van der Waals surface area contributed by atoms with Gasteiger partial charge in [-0.05, 0) is 87.4 Å². The van der Waals surface area contributed by atoms with E-state index < -0.39 is 35.5 Å². The van der Waals surface area contributed by atoms with Crippen molar-refractivity contribution in [1.29, 1.82) is 0 Å². The van der Waals surface area contributed by atoms with E-state index in [0.717, 1.165) is 56.1 Å². The van der Waals surface area contributed by atoms with E-state index in [1.54, 1.807) is 4.90 Å². The van der Waals surface area contributed by atoms with Crippen LogP contribution in [0.25, 0.3) is 0 Å². The molecule has 14 heteroatoms. The zero-order valence-electron chi connectivity index (χ0n) is 26.8. The van der Waals surface area contributed by atoms with Crippen molar-refractivity contribution in [2.75, 3.05) is 56.9 Å². The Morgan fingerprint density at radius 2 is 1.58 bits per heavy atom. The third-order valence-corrected chi connectivity index (χ3v) is 10.5. The number of benzene rings is 2. The molecule has 4 amide bonds. The molecule has 2 aromatic carbocycles. The number of carbonyl (C=O) groups is 3. The Morgan fingerprint density at radius 1 is 0.938 bits per heavy atom. The SMILES string of the molecule is Nc1c(Cl)cc(CC(OC(=O)N2CCC(N3CCc4ccccc4NC3=O)CC2)C(=O)N2CCC(N3CCCC3)CC2)cc1C(F)(F)F. The molecule has 0 radical (unpaired) electrons. The fourth-order valence-corrected chi connectivity index (χ4v) is 7.72. The van der Waals surface area contributed by atoms with E-state index in [2.05, 4.69) is 10.2 Å². The van der Waals surface area contributed by atoms with Crippen LogP contribution in [-0.4, -0.2) is 102 Å². The van der Waals surface area contributed by atoms with Gasteiger partial charge < -0.3 is 35.4 Å². The third kappa shape index (κ3) is 7.62. The number of nitrogen functional groups attached to an aromatic ring is 1. The summed E-state index contributed by atoms with van der Waals surface area (Å²) in [6, 6.07) is 9.96. The number of halogens is 4. The summed E-state index contributed by atoms with van der Waals surface area (Å²) in [4.78, 5) is 47.9. The lowest BCUT2D eigenvalue weighted by Gasteiger charge is -2.39. The van der Waals surface area contributed by atoms with Crippen LogP contribution in [-0.2, 0) is 28.5 Å². The molecule has 2 aromatic rings. The van der Waals surface area contributed by atoms with Crippen molar-refractivity contribution in [1.82, 2.24) is 19.6 Å². The van der Waals surface area contributed by atoms with Crippen molar-refractivity contribution in [2.45, 2.75) is 75.7 Å². The van der Waals surface area contributed by atoms with Gasteiger partial charge in [0.2, 0.25) is 0 Å². The number of nitrogens with zero attached hydrogens (tertiary/aromatic N) is 4. The Balaban J connectivity index is 1.12. The monoisotopic (exact) mass is 690 g/mol. The summed E-state index contributed by atoms with van der Waals surface area (Å²) in [7, 11) is 0. The number of piperidine rings is 2. The number of rotatable bonds is 6. The van der Waals surface area contributed by atoms with Crippen molar-refractivity contribution in [3.63, 3.8) is 0 Å². The van der Waals surface area contributed by atoms with Crippen LogP contribution in [0, 0.1) is 0 Å². The molecule has 3 N–H and O–H groups in total. The van der Waals surface area contributed by atoms with Crippen molar-refractivity contribution >= 4 is 41.0 Å². The first kappa shape index (κ1) is 34.2. The molecule has 48 heavy (non-hydrogen) atoms. The van der Waals surface area contributed by atoms with E-state index in [0.29, 0.717) is 58.0 Å². The topological polar surface area (TPSA) is 111 Å². The Bertz CT molecular complexity index is 1500. The van der Waals surface area contributed by atoms with Crippen molar-refractivity contribution < 1.29 is 32.3 Å². The number of likely N-dealkylation sites (tertiary alicyclic amines) is 3. The van der Waals surface area contributed by atoms with Gasteiger partial charge in [0.05, 0.1) is 16.3 Å². The summed E-state index contributed by atoms with van der Waals surface area (Å²) < 4.78 is 47.1. The first-order chi connectivity index (χ1) is 23.0. The lowest BCUT2D eigenvalue weighted by atomic mass is 10.00. The van der Waals surface area contributed by atoms with Crippen LogP contribution in [0.2, 0.25) is 5.02 Å². The van der Waals surface area contributed by atoms with Crippen LogP contribution in [0.1, 0.15) is 55.2 Å². The number of hydrogen-bond donors (Lipinski definition) is 2. The van der Waals surface area contributed by atoms with Gasteiger partial charge in [-0.2, -0.15) is 13.2 Å². The molecule has 0 aromatic heterocycles. The van der Waals surface area contributed by atoms with Gasteiger partial charge in [0.25, 0.3) is 5.91 Å². The lowest BCUT2D eigenvalue weighted by Crippen LogP contribution is -2.52. The predicted octanol–water partition coefficient (Wildman–Crippen LogP) is 5.63. The summed E-state index contributed by atoms with van der Waals surface area (Å²) >= 11 is 6.09. The minimum absolute atomic E-state index is 0.0876. The van der Waals surface area contributed by atoms with Crippen LogP contribution in [0.15, 0.2) is 36.4 Å². The lowest BCUT2D eigenvalue weighted by molar-refractivity contribution is -0.142. The van der Waals surface area contributed by atoms with Gasteiger partial charge in [-0.3, -0.25) is 4.79 Å². The molecule has 0 saturated carbocycles. The van der Waals surface area contributed by atoms with Crippen LogP contribution in [0.5, 0.6) is 0 Å². The first-order valence-corrected chi connectivity index (χ1v) is 17.1. The quantitative estimate of drug-likeness (QED) is 0.381. The fourth-order valence-electron chi connectivity index (χ4n) is 7.48. The second-order valence-electron chi connectivity index (χ2n) is 13.2. The molecule has 6 rings (SSSR count). The Kier molecular flexibility index (Phi) is 10.3. The number of urea groups is 1. The van der Waals surface area contributed by atoms with Gasteiger partial charge in [-0.25, -0.2) is 9.59 Å². The van der Waals surface area contributed by atoms with Gasteiger partial charge in [0.15, 0.2) is 6.10 Å². The molecular weight excluding hydrogens is 649 g/mol. The molecule has 1 atom stereocenters. The maximum atomic E-state index is 13.9. The number of para-hydroxylation sites is 1. The zero-order chi connectivity index (χ0) is 34.0. The molecular formula is C34H42ClF3N6O4. The highest BCUT2D eigenvalue weighted by Gasteiger charge is 2.38. The maximum absolute atomic E-state index is 13.9. The number of nitrogens with two attached hydrogens (primary N) is 1. The van der Waals surface area contributed by atoms with Crippen molar-refractivity contribution in [3.8, 4) is 0 Å². The van der Waals surface area contributed by atoms with E-state index in [-0.39, 0.29) is 29.1 Å². The van der Waals surface area contributed by atoms with E-state index in [1.165, 1.54) is 11.0 Å². The van der Waals surface area contributed by atoms with Gasteiger partial charge in [0, 0.05) is 56.9 Å². The summed E-state index contributed by atoms with van der Waals surface area (Å²) in [6.07, 6.45) is -1.48. The molecule has 4 aliphatic rings. The smallest absolute Gasteiger partial charge is 0.418 e. The predicted molar refractivity (Wildman–Crippen MR) is 176 cm³/mol. The molecule has 3 saturated heterocycles. The minimum Gasteiger partial charge on any atom is -0.436 e. The normalized spacial score (nSPS) is 20.7. The number of fused-ring (bicyclic) bond motifs is 1. The molecule has 0 spiro atoms. The number of carbonyl (C=O) groups excluding carboxylic acids is 3. The summed E-state index contributed by atoms with van der Waals surface area (Å²) in [5, 5.41) is 2.70. The molecule has 1 unspecified atom stereocenters. The first-order valence-electron chi connectivity index (χ1n) is 16.8. The van der Waals surface area contributed by atoms with Crippen molar-refractivity contribution in [2.24, 2.45) is 0 Å². The largest absolute Gasteiger partial charge is 0.436 e. The number of ether oxygens (including phenoxy) is 1. The molecule has 0 bridgehead atoms. The van der Waals surface area contributed by atoms with Crippen LogP contribution in [0.4, 0.5) is 34.1 Å². The highest BCUT2D eigenvalue weighted by Crippen LogP contribution is 2.38. The summed E-state index contributed by atoms with van der Waals surface area (Å²) in [6.45, 7) is 4.18. The third-order valence-electron chi connectivity index (χ3n) is 10.2. The van der Waals surface area contributed by atoms with Gasteiger partial charge in [0.1, 0.15) is 0 Å². The van der Waals surface area contributed by atoms with E-state index in [4.69, 9.17) is 22.1 Å². The second-order valence-corrected chi connectivity index (χ2v) is 13.6. The molecule has 3 fully saturated rings. The Morgan fingerprint density at radius 3 is 2.27 bits per heavy atom. The van der Waals surface area contributed by atoms with Crippen LogP contribution >= 0.6 is 11.6 Å². The number of amides is 4. The van der Waals surface area contributed by atoms with Gasteiger partial charge in [-0.15, -0.1) is 0 Å². The summed E-state index contributed by atoms with van der Waals surface area (Å²) in [5.41, 5.74) is 5.90. The Hall–Kier alpha value is -3.71. The van der Waals surface area contributed by atoms with Crippen molar-refractivity contribution in [3.05, 3.63) is 58.1 Å². The minimum atomic E-state index is -4.76. The maximum Gasteiger partial charge on any atom is 0.418 e. The standard InChI is InChI=1S/C34H42ClF3N6O4/c35-27-20-22(19-26(30(27)39)34(36,37)38)21-29(31(45)42-14-8-24(9-15-42)41-12-3-4-13-41)48-33(47)43-16-10-25(11-17-43)44-18-7-23-5-1-2-6-28(23)40-32(44)46/h1-2,5-6,19-20,24-25,29H,3-4,7-18,21,39H2,(H,40,46). The summed E-state index contributed by atoms with van der Waals surface area (Å²) in [5.74, 6) is -0.444. The number of hydrogen-bond acceptors (Lipinski definition) is 6. The van der Waals surface area contributed by atoms with Gasteiger partial charge in [-0.1, -0.05) is 29.8 Å². The number of anilines is 2. The van der Waals surface area contributed by atoms with E-state index >= 15 is 0 Å². The van der Waals surface area contributed by atoms with E-state index in [1.807, 2.05) is 29.2 Å². The second kappa shape index (κ2) is 14.4. The Labute approximate surface area is 283 Å². The zero-order valence-corrected chi connectivity index (χ0v) is 27.6. The average Bonchev–Trinajstić information content (AvgIpc) is 3.56. The highest BCUT2D eigenvalue weighted by molar-refractivity contribution is 6.33. The molecule has 0 aliphatic carbocycles. The van der Waals surface area contributed by atoms with Crippen LogP contribution < -0.4 is 11.1 Å². The number of nitrogens with one attached hydrogen (secondary N) is 1. The highest BCUT2D eigenvalue weighted by atomic mass is 35.5. The molecule has 260 valence electrons. The molecule has 4 heterocycles.